The summed E-state index contributed by atoms with van der Waals surface area (Å²) in [5, 5.41) is 2.93. The Hall–Kier alpha value is -2.77. The number of carbonyl (C=O) groups excluding carboxylic acids is 1. The van der Waals surface area contributed by atoms with Crippen molar-refractivity contribution in [1.82, 2.24) is 15.2 Å². The third-order valence-corrected chi connectivity index (χ3v) is 8.01. The first kappa shape index (κ1) is 26.3. The third-order valence-electron chi connectivity index (χ3n) is 6.83. The predicted molar refractivity (Wildman–Crippen MR) is 145 cm³/mol. The van der Waals surface area contributed by atoms with Gasteiger partial charge in [0.2, 0.25) is 11.8 Å². The normalized spacial score (nSPS) is 15.6. The second-order valence-electron chi connectivity index (χ2n) is 9.79. The van der Waals surface area contributed by atoms with Gasteiger partial charge in [-0.15, -0.1) is 0 Å². The van der Waals surface area contributed by atoms with E-state index in [9.17, 15) is 9.00 Å². The molecule has 1 fully saturated rings. The monoisotopic (exact) mass is 507 g/mol. The molecule has 4 rings (SSSR count). The molecule has 1 atom stereocenters. The van der Waals surface area contributed by atoms with Gasteiger partial charge in [-0.25, -0.2) is 4.98 Å². The molecule has 1 saturated heterocycles. The molecule has 1 N–H and O–H groups in total. The molecule has 0 bridgehead atoms. The van der Waals surface area contributed by atoms with Crippen LogP contribution in [0.5, 0.6) is 0 Å². The fourth-order valence-corrected chi connectivity index (χ4v) is 5.74. The molecular weight excluding hydrogens is 470 g/mol. The Morgan fingerprint density at radius 2 is 1.81 bits per heavy atom. The topological polar surface area (TPSA) is 75.4 Å². The summed E-state index contributed by atoms with van der Waals surface area (Å²) in [4.78, 5) is 19.3. The minimum absolute atomic E-state index is 0.0168. The van der Waals surface area contributed by atoms with Crippen LogP contribution >= 0.6 is 0 Å². The van der Waals surface area contributed by atoms with Crippen LogP contribution in [0.1, 0.15) is 41.8 Å². The Kier molecular flexibility index (Phi) is 9.47. The first-order chi connectivity index (χ1) is 17.5. The highest BCUT2D eigenvalue weighted by molar-refractivity contribution is 7.84. The highest BCUT2D eigenvalue weighted by Crippen LogP contribution is 2.23. The van der Waals surface area contributed by atoms with Gasteiger partial charge in [-0.3, -0.25) is 9.00 Å². The van der Waals surface area contributed by atoms with Crippen LogP contribution in [0.4, 0.5) is 0 Å². The molecule has 0 saturated carbocycles. The minimum atomic E-state index is -1.33. The fraction of sp³-hybridized carbons (Fsp3) is 0.448. The lowest BCUT2D eigenvalue weighted by Crippen LogP contribution is -2.37. The Morgan fingerprint density at radius 1 is 1.08 bits per heavy atom. The molecule has 0 spiro atoms. The molecule has 6 nitrogen and oxygen atoms in total. The number of aryl methyl sites for hydroxylation is 2. The molecule has 1 aromatic heterocycles. The first-order valence-corrected chi connectivity index (χ1v) is 14.4. The van der Waals surface area contributed by atoms with Crippen molar-refractivity contribution in [3.8, 4) is 11.5 Å². The van der Waals surface area contributed by atoms with Gasteiger partial charge in [0, 0.05) is 22.9 Å². The summed E-state index contributed by atoms with van der Waals surface area (Å²) < 4.78 is 18.3. The van der Waals surface area contributed by atoms with Crippen LogP contribution in [0.2, 0.25) is 0 Å². The maximum Gasteiger partial charge on any atom is 0.232 e. The zero-order chi connectivity index (χ0) is 25.3. The van der Waals surface area contributed by atoms with Gasteiger partial charge < -0.3 is 14.6 Å². The summed E-state index contributed by atoms with van der Waals surface area (Å²) in [7, 11) is -1.33. The Morgan fingerprint density at radius 3 is 2.53 bits per heavy atom. The lowest BCUT2D eigenvalue weighted by molar-refractivity contribution is -0.118. The van der Waals surface area contributed by atoms with Crippen molar-refractivity contribution in [2.75, 3.05) is 31.9 Å². The summed E-state index contributed by atoms with van der Waals surface area (Å²) in [5.74, 6) is 1.96. The number of amides is 1. The molecule has 2 heterocycles. The van der Waals surface area contributed by atoms with Crippen LogP contribution in [0.25, 0.3) is 11.5 Å². The average Bonchev–Trinajstić information content (AvgIpc) is 3.23. The van der Waals surface area contributed by atoms with Crippen LogP contribution in [-0.4, -0.2) is 51.9 Å². The van der Waals surface area contributed by atoms with Crippen molar-refractivity contribution in [3.63, 3.8) is 0 Å². The lowest BCUT2D eigenvalue weighted by atomic mass is 9.90. The van der Waals surface area contributed by atoms with Crippen molar-refractivity contribution < 1.29 is 13.4 Å². The predicted octanol–water partition coefficient (Wildman–Crippen LogP) is 4.67. The van der Waals surface area contributed by atoms with Crippen LogP contribution in [0.3, 0.4) is 0 Å². The minimum Gasteiger partial charge on any atom is -0.441 e. The molecule has 36 heavy (non-hydrogen) atoms. The molecule has 1 aliphatic rings. The second kappa shape index (κ2) is 13.0. The number of benzene rings is 2. The van der Waals surface area contributed by atoms with Gasteiger partial charge in [0.15, 0.2) is 0 Å². The van der Waals surface area contributed by atoms with Crippen LogP contribution < -0.4 is 5.32 Å². The molecule has 0 aliphatic carbocycles. The van der Waals surface area contributed by atoms with E-state index in [1.54, 1.807) is 0 Å². The maximum atomic E-state index is 12.6. The van der Waals surface area contributed by atoms with Crippen molar-refractivity contribution in [3.05, 3.63) is 77.2 Å². The van der Waals surface area contributed by atoms with E-state index in [0.717, 1.165) is 43.1 Å². The summed E-state index contributed by atoms with van der Waals surface area (Å²) in [6.45, 7) is 7.69. The Balaban J connectivity index is 1.11. The van der Waals surface area contributed by atoms with Crippen LogP contribution in [0.15, 0.2) is 59.0 Å². The number of nitrogens with zero attached hydrogens (tertiary/aromatic N) is 2. The molecule has 2 aromatic carbocycles. The number of aromatic nitrogens is 1. The summed E-state index contributed by atoms with van der Waals surface area (Å²) in [6, 6.07) is 18.7. The summed E-state index contributed by atoms with van der Waals surface area (Å²) >= 11 is 0. The number of hydrogen-bond acceptors (Lipinski definition) is 5. The summed E-state index contributed by atoms with van der Waals surface area (Å²) in [5.41, 5.74) is 4.13. The number of hydrogen-bond donors (Lipinski definition) is 1. The fourth-order valence-electron chi connectivity index (χ4n) is 4.67. The zero-order valence-corrected chi connectivity index (χ0v) is 22.2. The summed E-state index contributed by atoms with van der Waals surface area (Å²) in [6.07, 6.45) is 4.54. The highest BCUT2D eigenvalue weighted by atomic mass is 32.2. The second-order valence-corrected chi connectivity index (χ2v) is 11.3. The van der Waals surface area contributed by atoms with E-state index < -0.39 is 10.8 Å². The van der Waals surface area contributed by atoms with Crippen molar-refractivity contribution in [2.24, 2.45) is 5.92 Å². The van der Waals surface area contributed by atoms with E-state index in [2.05, 4.69) is 45.5 Å². The van der Waals surface area contributed by atoms with Gasteiger partial charge in [-0.05, 0) is 82.8 Å². The number of carbonyl (C=O) groups is 1. The molecule has 1 aliphatic heterocycles. The molecule has 192 valence electrons. The number of likely N-dealkylation sites (tertiary alicyclic amines) is 1. The average molecular weight is 508 g/mol. The quantitative estimate of drug-likeness (QED) is 0.382. The van der Waals surface area contributed by atoms with Crippen molar-refractivity contribution in [1.29, 1.82) is 0 Å². The molecule has 0 radical (unpaired) electrons. The van der Waals surface area contributed by atoms with Gasteiger partial charge in [-0.2, -0.15) is 0 Å². The lowest BCUT2D eigenvalue weighted by Gasteiger charge is -2.32. The maximum absolute atomic E-state index is 12.6. The molecule has 3 aromatic rings. The van der Waals surface area contributed by atoms with Crippen LogP contribution in [0, 0.1) is 19.8 Å². The molecular formula is C29H37N3O3S. The molecule has 1 amide bonds. The largest absolute Gasteiger partial charge is 0.441 e. The number of rotatable bonds is 11. The number of oxazole rings is 1. The van der Waals surface area contributed by atoms with Crippen LogP contribution in [-0.2, 0) is 27.8 Å². The van der Waals surface area contributed by atoms with E-state index in [4.69, 9.17) is 4.42 Å². The number of nitrogens with one attached hydrogen (secondary N) is 1. The van der Waals surface area contributed by atoms with Crippen molar-refractivity contribution >= 4 is 16.7 Å². The SMILES string of the molecule is Cc1ccc(-c2nc(C[S@@](=O)CC(=O)NCCCN3CCC(Cc4ccccc4)CC3)c(C)o2)cc1. The van der Waals surface area contributed by atoms with Gasteiger partial charge in [0.05, 0.1) is 11.4 Å². The van der Waals surface area contributed by atoms with E-state index >= 15 is 0 Å². The molecule has 7 heteroatoms. The van der Waals surface area contributed by atoms with E-state index in [-0.39, 0.29) is 17.4 Å². The number of piperidine rings is 1. The first-order valence-electron chi connectivity index (χ1n) is 12.9. The van der Waals surface area contributed by atoms with E-state index in [1.165, 1.54) is 24.8 Å². The van der Waals surface area contributed by atoms with Gasteiger partial charge in [-0.1, -0.05) is 48.0 Å². The third kappa shape index (κ3) is 7.87. The molecule has 0 unspecified atom stereocenters. The Bertz CT molecular complexity index is 1140. The van der Waals surface area contributed by atoms with Gasteiger partial charge in [0.1, 0.15) is 11.5 Å². The van der Waals surface area contributed by atoms with Gasteiger partial charge in [0.25, 0.3) is 0 Å². The zero-order valence-electron chi connectivity index (χ0n) is 21.4. The van der Waals surface area contributed by atoms with E-state index in [0.29, 0.717) is 23.9 Å². The standard InChI is InChI=1S/C29H37N3O3S/c1-22-9-11-26(12-10-22)29-31-27(23(2)35-29)20-36(34)21-28(33)30-15-6-16-32-17-13-25(14-18-32)19-24-7-4-3-5-8-24/h3-5,7-12,25H,6,13-21H2,1-2H3,(H,30,33)/t36-/m1/s1. The highest BCUT2D eigenvalue weighted by Gasteiger charge is 2.19. The van der Waals surface area contributed by atoms with Crippen molar-refractivity contribution in [2.45, 2.75) is 45.3 Å². The van der Waals surface area contributed by atoms with E-state index in [1.807, 2.05) is 38.1 Å². The van der Waals surface area contributed by atoms with Gasteiger partial charge >= 0.3 is 0 Å². The smallest absolute Gasteiger partial charge is 0.232 e. The Labute approximate surface area is 217 Å².